The summed E-state index contributed by atoms with van der Waals surface area (Å²) in [4.78, 5) is 12.5. The van der Waals surface area contributed by atoms with Crippen LogP contribution in [0.5, 0.6) is 0 Å². The molecule has 1 heterocycles. The standard InChI is InChI=1S/C20H29N3O/c1-5-6-7-8-12-18-16(3)22-23(17(18)4)20(24)14-21-19-13-10-9-11-15(19)2/h9-11,13,21H,5-8,12,14H2,1-4H3. The molecule has 2 aromatic rings. The summed E-state index contributed by atoms with van der Waals surface area (Å²) in [6.45, 7) is 8.50. The van der Waals surface area contributed by atoms with E-state index in [9.17, 15) is 4.79 Å². The van der Waals surface area contributed by atoms with Crippen molar-refractivity contribution >= 4 is 11.6 Å². The molecule has 0 aliphatic rings. The Morgan fingerprint density at radius 1 is 1.12 bits per heavy atom. The van der Waals surface area contributed by atoms with Crippen molar-refractivity contribution in [2.45, 2.75) is 59.8 Å². The molecule has 0 saturated carbocycles. The van der Waals surface area contributed by atoms with E-state index in [2.05, 4.69) is 17.3 Å². The summed E-state index contributed by atoms with van der Waals surface area (Å²) in [5.41, 5.74) is 5.33. The molecule has 0 amide bonds. The summed E-state index contributed by atoms with van der Waals surface area (Å²) in [7, 11) is 0. The zero-order valence-corrected chi connectivity index (χ0v) is 15.4. The number of carbonyl (C=O) groups excluding carboxylic acids is 1. The summed E-state index contributed by atoms with van der Waals surface area (Å²) in [5.74, 6) is -0.0151. The second-order valence-electron chi connectivity index (χ2n) is 6.43. The molecule has 0 radical (unpaired) electrons. The molecule has 0 bridgehead atoms. The van der Waals surface area contributed by atoms with Crippen molar-refractivity contribution in [3.63, 3.8) is 0 Å². The van der Waals surface area contributed by atoms with Gasteiger partial charge in [-0.3, -0.25) is 4.79 Å². The summed E-state index contributed by atoms with van der Waals surface area (Å²) in [6.07, 6.45) is 5.92. The lowest BCUT2D eigenvalue weighted by molar-refractivity contribution is 0.0910. The van der Waals surface area contributed by atoms with Gasteiger partial charge in [0.25, 0.3) is 5.91 Å². The monoisotopic (exact) mass is 327 g/mol. The Labute approximate surface area is 145 Å². The van der Waals surface area contributed by atoms with Gasteiger partial charge in [-0.25, -0.2) is 4.68 Å². The van der Waals surface area contributed by atoms with Crippen LogP contribution in [0.15, 0.2) is 24.3 Å². The van der Waals surface area contributed by atoms with Gasteiger partial charge in [-0.1, -0.05) is 44.4 Å². The molecule has 1 aromatic carbocycles. The maximum Gasteiger partial charge on any atom is 0.266 e. The number of para-hydroxylation sites is 1. The molecular weight excluding hydrogens is 298 g/mol. The number of carbonyl (C=O) groups is 1. The van der Waals surface area contributed by atoms with E-state index in [1.165, 1.54) is 24.8 Å². The van der Waals surface area contributed by atoms with Crippen LogP contribution < -0.4 is 5.32 Å². The van der Waals surface area contributed by atoms with Crippen LogP contribution in [0.3, 0.4) is 0 Å². The normalized spacial score (nSPS) is 10.8. The number of nitrogens with one attached hydrogen (secondary N) is 1. The molecular formula is C20H29N3O. The van der Waals surface area contributed by atoms with Crippen molar-refractivity contribution in [3.8, 4) is 0 Å². The van der Waals surface area contributed by atoms with E-state index in [4.69, 9.17) is 0 Å². The topological polar surface area (TPSA) is 46.9 Å². The minimum Gasteiger partial charge on any atom is -0.376 e. The van der Waals surface area contributed by atoms with Gasteiger partial charge in [0.1, 0.15) is 0 Å². The number of benzene rings is 1. The molecule has 0 unspecified atom stereocenters. The minimum absolute atomic E-state index is 0.0151. The average Bonchev–Trinajstić information content (AvgIpc) is 2.85. The van der Waals surface area contributed by atoms with Gasteiger partial charge in [0, 0.05) is 11.4 Å². The number of nitrogens with zero attached hydrogens (tertiary/aromatic N) is 2. The van der Waals surface area contributed by atoms with Crippen molar-refractivity contribution in [2.24, 2.45) is 0 Å². The molecule has 1 aromatic heterocycles. The van der Waals surface area contributed by atoms with Crippen molar-refractivity contribution < 1.29 is 4.79 Å². The van der Waals surface area contributed by atoms with Crippen LogP contribution >= 0.6 is 0 Å². The highest BCUT2D eigenvalue weighted by molar-refractivity contribution is 5.83. The van der Waals surface area contributed by atoms with Crippen LogP contribution in [0, 0.1) is 20.8 Å². The number of hydrogen-bond donors (Lipinski definition) is 1. The number of hydrogen-bond acceptors (Lipinski definition) is 3. The third kappa shape index (κ3) is 4.47. The Balaban J connectivity index is 2.00. The summed E-state index contributed by atoms with van der Waals surface area (Å²) in [5, 5.41) is 7.69. The van der Waals surface area contributed by atoms with Gasteiger partial charge >= 0.3 is 0 Å². The highest BCUT2D eigenvalue weighted by Crippen LogP contribution is 2.17. The minimum atomic E-state index is -0.0151. The molecule has 130 valence electrons. The van der Waals surface area contributed by atoms with E-state index in [-0.39, 0.29) is 12.5 Å². The van der Waals surface area contributed by atoms with Crippen molar-refractivity contribution in [1.82, 2.24) is 9.78 Å². The Bertz CT molecular complexity index is 688. The fourth-order valence-corrected chi connectivity index (χ4v) is 3.03. The van der Waals surface area contributed by atoms with Crippen LogP contribution in [0.4, 0.5) is 5.69 Å². The molecule has 0 saturated heterocycles. The quantitative estimate of drug-likeness (QED) is 0.716. The lowest BCUT2D eigenvalue weighted by atomic mass is 10.0. The molecule has 24 heavy (non-hydrogen) atoms. The molecule has 0 spiro atoms. The number of aryl methyl sites for hydroxylation is 2. The van der Waals surface area contributed by atoms with Gasteiger partial charge in [0.05, 0.1) is 12.2 Å². The first-order valence-corrected chi connectivity index (χ1v) is 8.92. The maximum absolute atomic E-state index is 12.5. The highest BCUT2D eigenvalue weighted by Gasteiger charge is 2.16. The van der Waals surface area contributed by atoms with Gasteiger partial charge in [-0.2, -0.15) is 5.10 Å². The largest absolute Gasteiger partial charge is 0.376 e. The maximum atomic E-state index is 12.5. The zero-order valence-electron chi connectivity index (χ0n) is 15.4. The van der Waals surface area contributed by atoms with E-state index >= 15 is 0 Å². The van der Waals surface area contributed by atoms with Crippen LogP contribution in [-0.2, 0) is 6.42 Å². The first-order valence-electron chi connectivity index (χ1n) is 8.92. The predicted octanol–water partition coefficient (Wildman–Crippen LogP) is 4.68. The lowest BCUT2D eigenvalue weighted by Gasteiger charge is -2.09. The summed E-state index contributed by atoms with van der Waals surface area (Å²) in [6, 6.07) is 7.99. The molecule has 0 aliphatic carbocycles. The van der Waals surface area contributed by atoms with Crippen molar-refractivity contribution in [1.29, 1.82) is 0 Å². The molecule has 0 atom stereocenters. The van der Waals surface area contributed by atoms with Crippen LogP contribution in [0.1, 0.15) is 59.9 Å². The first kappa shape index (κ1) is 18.2. The third-order valence-corrected chi connectivity index (χ3v) is 4.53. The smallest absolute Gasteiger partial charge is 0.266 e. The van der Waals surface area contributed by atoms with Gasteiger partial charge in [0.2, 0.25) is 0 Å². The summed E-state index contributed by atoms with van der Waals surface area (Å²) < 4.78 is 1.57. The van der Waals surface area contributed by atoms with Gasteiger partial charge < -0.3 is 5.32 Å². The Morgan fingerprint density at radius 2 is 1.88 bits per heavy atom. The third-order valence-electron chi connectivity index (χ3n) is 4.53. The molecule has 4 heteroatoms. The highest BCUT2D eigenvalue weighted by atomic mass is 16.2. The number of unbranched alkanes of at least 4 members (excludes halogenated alkanes) is 3. The molecule has 1 N–H and O–H groups in total. The van der Waals surface area contributed by atoms with Crippen LogP contribution in [-0.4, -0.2) is 22.2 Å². The van der Waals surface area contributed by atoms with E-state index < -0.39 is 0 Å². The Morgan fingerprint density at radius 3 is 2.58 bits per heavy atom. The number of aromatic nitrogens is 2. The predicted molar refractivity (Wildman–Crippen MR) is 99.8 cm³/mol. The molecule has 2 rings (SSSR count). The van der Waals surface area contributed by atoms with E-state index in [1.54, 1.807) is 4.68 Å². The second kappa shape index (κ2) is 8.67. The van der Waals surface area contributed by atoms with Gasteiger partial charge in [0.15, 0.2) is 0 Å². The summed E-state index contributed by atoms with van der Waals surface area (Å²) >= 11 is 0. The fraction of sp³-hybridized carbons (Fsp3) is 0.500. The first-order chi connectivity index (χ1) is 11.5. The van der Waals surface area contributed by atoms with Gasteiger partial charge in [-0.15, -0.1) is 0 Å². The Kier molecular flexibility index (Phi) is 6.59. The van der Waals surface area contributed by atoms with Crippen molar-refractivity contribution in [3.05, 3.63) is 46.8 Å². The zero-order chi connectivity index (χ0) is 17.5. The van der Waals surface area contributed by atoms with Gasteiger partial charge in [-0.05, 0) is 50.8 Å². The molecule has 4 nitrogen and oxygen atoms in total. The number of rotatable bonds is 8. The van der Waals surface area contributed by atoms with E-state index in [0.717, 1.165) is 35.5 Å². The molecule has 0 aliphatic heterocycles. The van der Waals surface area contributed by atoms with E-state index in [1.807, 2.05) is 45.0 Å². The Hall–Kier alpha value is -2.10. The van der Waals surface area contributed by atoms with E-state index in [0.29, 0.717) is 0 Å². The molecule has 0 fully saturated rings. The number of anilines is 1. The SMILES string of the molecule is CCCCCCc1c(C)nn(C(=O)CNc2ccccc2C)c1C. The van der Waals surface area contributed by atoms with Crippen LogP contribution in [0.25, 0.3) is 0 Å². The second-order valence-corrected chi connectivity index (χ2v) is 6.43. The van der Waals surface area contributed by atoms with Crippen molar-refractivity contribution in [2.75, 3.05) is 11.9 Å². The fourth-order valence-electron chi connectivity index (χ4n) is 3.03. The average molecular weight is 327 g/mol. The lowest BCUT2D eigenvalue weighted by Crippen LogP contribution is -2.23. The van der Waals surface area contributed by atoms with Crippen LogP contribution in [0.2, 0.25) is 0 Å².